The zero-order valence-electron chi connectivity index (χ0n) is 12.4. The number of carbonyl (C=O) groups is 1. The normalized spacial score (nSPS) is 10.6. The highest BCUT2D eigenvalue weighted by Crippen LogP contribution is 2.20. The van der Waals surface area contributed by atoms with Crippen molar-refractivity contribution >= 4 is 23.2 Å². The molecule has 0 aliphatic rings. The molecule has 1 N–H and O–H groups in total. The lowest BCUT2D eigenvalue weighted by molar-refractivity contribution is -0.118. The van der Waals surface area contributed by atoms with Crippen LogP contribution < -0.4 is 10.1 Å². The molecule has 2 aromatic rings. The van der Waals surface area contributed by atoms with Crippen LogP contribution in [0.1, 0.15) is 25.3 Å². The summed E-state index contributed by atoms with van der Waals surface area (Å²) in [7, 11) is 0. The summed E-state index contributed by atoms with van der Waals surface area (Å²) in [6, 6.07) is 11.6. The standard InChI is InChI=1S/C17H17ClFNO2/c1-11(2)12-3-6-14(7-4-12)22-10-17(21)20-13-5-8-16(19)15(18)9-13/h3-9,11H,10H2,1-2H3,(H,20,21). The van der Waals surface area contributed by atoms with Gasteiger partial charge in [0.05, 0.1) is 5.02 Å². The molecule has 3 nitrogen and oxygen atoms in total. The predicted molar refractivity (Wildman–Crippen MR) is 86.1 cm³/mol. The van der Waals surface area contributed by atoms with E-state index in [0.29, 0.717) is 17.4 Å². The van der Waals surface area contributed by atoms with Gasteiger partial charge in [-0.15, -0.1) is 0 Å². The van der Waals surface area contributed by atoms with Gasteiger partial charge in [0.2, 0.25) is 0 Å². The van der Waals surface area contributed by atoms with Crippen LogP contribution in [-0.4, -0.2) is 12.5 Å². The van der Waals surface area contributed by atoms with E-state index in [9.17, 15) is 9.18 Å². The third kappa shape index (κ3) is 4.46. The minimum Gasteiger partial charge on any atom is -0.484 e. The van der Waals surface area contributed by atoms with E-state index in [4.69, 9.17) is 16.3 Å². The lowest BCUT2D eigenvalue weighted by Gasteiger charge is -2.09. The molecule has 0 heterocycles. The van der Waals surface area contributed by atoms with E-state index in [1.54, 1.807) is 0 Å². The second kappa shape index (κ2) is 7.27. The smallest absolute Gasteiger partial charge is 0.262 e. The lowest BCUT2D eigenvalue weighted by Crippen LogP contribution is -2.20. The van der Waals surface area contributed by atoms with Gasteiger partial charge in [0.15, 0.2) is 6.61 Å². The van der Waals surface area contributed by atoms with Gasteiger partial charge in [0, 0.05) is 5.69 Å². The van der Waals surface area contributed by atoms with Crippen molar-refractivity contribution in [3.63, 3.8) is 0 Å². The Morgan fingerprint density at radius 3 is 2.50 bits per heavy atom. The molecule has 0 aliphatic carbocycles. The number of nitrogens with one attached hydrogen (secondary N) is 1. The summed E-state index contributed by atoms with van der Waals surface area (Å²) in [5.41, 5.74) is 1.63. The van der Waals surface area contributed by atoms with Crippen LogP contribution in [0.15, 0.2) is 42.5 Å². The summed E-state index contributed by atoms with van der Waals surface area (Å²) in [5.74, 6) is 0.203. The van der Waals surface area contributed by atoms with Crippen molar-refractivity contribution in [3.05, 3.63) is 58.9 Å². The van der Waals surface area contributed by atoms with Crippen LogP contribution in [0.25, 0.3) is 0 Å². The highest BCUT2D eigenvalue weighted by Gasteiger charge is 2.06. The van der Waals surface area contributed by atoms with E-state index in [1.807, 2.05) is 24.3 Å². The van der Waals surface area contributed by atoms with E-state index in [0.717, 1.165) is 0 Å². The molecule has 1 amide bonds. The topological polar surface area (TPSA) is 38.3 Å². The molecule has 0 aliphatic heterocycles. The first-order valence-electron chi connectivity index (χ1n) is 6.93. The molecule has 2 aromatic carbocycles. The maximum Gasteiger partial charge on any atom is 0.262 e. The van der Waals surface area contributed by atoms with Crippen molar-refractivity contribution < 1.29 is 13.9 Å². The van der Waals surface area contributed by atoms with Gasteiger partial charge in [-0.25, -0.2) is 4.39 Å². The van der Waals surface area contributed by atoms with Crippen LogP contribution in [0, 0.1) is 5.82 Å². The molecular weight excluding hydrogens is 305 g/mol. The molecule has 2 rings (SSSR count). The minimum atomic E-state index is -0.527. The number of anilines is 1. The van der Waals surface area contributed by atoms with E-state index < -0.39 is 5.82 Å². The SMILES string of the molecule is CC(C)c1ccc(OCC(=O)Nc2ccc(F)c(Cl)c2)cc1. The van der Waals surface area contributed by atoms with E-state index in [1.165, 1.54) is 23.8 Å². The van der Waals surface area contributed by atoms with E-state index in [2.05, 4.69) is 19.2 Å². The van der Waals surface area contributed by atoms with Crippen molar-refractivity contribution in [3.8, 4) is 5.75 Å². The molecule has 5 heteroatoms. The summed E-state index contributed by atoms with van der Waals surface area (Å²) in [6.07, 6.45) is 0. The summed E-state index contributed by atoms with van der Waals surface area (Å²) >= 11 is 5.65. The third-order valence-corrected chi connectivity index (χ3v) is 3.41. The van der Waals surface area contributed by atoms with E-state index in [-0.39, 0.29) is 17.5 Å². The Hall–Kier alpha value is -2.07. The Morgan fingerprint density at radius 2 is 1.91 bits per heavy atom. The maximum atomic E-state index is 13.0. The predicted octanol–water partition coefficient (Wildman–Crippen LogP) is 4.62. The number of carbonyl (C=O) groups excluding carboxylic acids is 1. The average molecular weight is 322 g/mol. The average Bonchev–Trinajstić information content (AvgIpc) is 2.49. The molecule has 116 valence electrons. The monoisotopic (exact) mass is 321 g/mol. The van der Waals surface area contributed by atoms with Crippen LogP contribution in [-0.2, 0) is 4.79 Å². The second-order valence-corrected chi connectivity index (χ2v) is 5.60. The second-order valence-electron chi connectivity index (χ2n) is 5.19. The molecule has 0 fully saturated rings. The Labute approximate surface area is 134 Å². The molecule has 0 unspecified atom stereocenters. The molecule has 0 saturated carbocycles. The van der Waals surface area contributed by atoms with Crippen molar-refractivity contribution in [2.45, 2.75) is 19.8 Å². The number of hydrogen-bond acceptors (Lipinski definition) is 2. The van der Waals surface area contributed by atoms with Crippen molar-refractivity contribution in [1.29, 1.82) is 0 Å². The number of rotatable bonds is 5. The maximum absolute atomic E-state index is 13.0. The van der Waals surface area contributed by atoms with Gasteiger partial charge in [0.25, 0.3) is 5.91 Å². The lowest BCUT2D eigenvalue weighted by atomic mass is 10.0. The van der Waals surface area contributed by atoms with Gasteiger partial charge < -0.3 is 10.1 Å². The Kier molecular flexibility index (Phi) is 5.39. The van der Waals surface area contributed by atoms with Crippen LogP contribution in [0.5, 0.6) is 5.75 Å². The summed E-state index contributed by atoms with van der Waals surface area (Å²) in [5, 5.41) is 2.56. The Morgan fingerprint density at radius 1 is 1.23 bits per heavy atom. The van der Waals surface area contributed by atoms with Gasteiger partial charge in [-0.3, -0.25) is 4.79 Å². The Bertz CT molecular complexity index is 656. The highest BCUT2D eigenvalue weighted by atomic mass is 35.5. The van der Waals surface area contributed by atoms with Crippen LogP contribution in [0.4, 0.5) is 10.1 Å². The largest absolute Gasteiger partial charge is 0.484 e. The van der Waals surface area contributed by atoms with Crippen LogP contribution in [0.3, 0.4) is 0 Å². The molecule has 0 saturated heterocycles. The molecule has 22 heavy (non-hydrogen) atoms. The minimum absolute atomic E-state index is 0.0389. The first-order chi connectivity index (χ1) is 10.5. The van der Waals surface area contributed by atoms with Crippen molar-refractivity contribution in [2.75, 3.05) is 11.9 Å². The fourth-order valence-corrected chi connectivity index (χ4v) is 2.05. The first-order valence-corrected chi connectivity index (χ1v) is 7.31. The molecule has 0 aromatic heterocycles. The molecule has 0 bridgehead atoms. The zero-order chi connectivity index (χ0) is 16.1. The van der Waals surface area contributed by atoms with Gasteiger partial charge in [0.1, 0.15) is 11.6 Å². The fourth-order valence-electron chi connectivity index (χ4n) is 1.87. The van der Waals surface area contributed by atoms with Gasteiger partial charge in [-0.1, -0.05) is 37.6 Å². The number of benzene rings is 2. The van der Waals surface area contributed by atoms with Crippen LogP contribution >= 0.6 is 11.6 Å². The molecular formula is C17H17ClFNO2. The summed E-state index contributed by atoms with van der Waals surface area (Å²) in [6.45, 7) is 4.09. The van der Waals surface area contributed by atoms with Crippen molar-refractivity contribution in [1.82, 2.24) is 0 Å². The summed E-state index contributed by atoms with van der Waals surface area (Å²) < 4.78 is 18.4. The van der Waals surface area contributed by atoms with Gasteiger partial charge in [-0.2, -0.15) is 0 Å². The fraction of sp³-hybridized carbons (Fsp3) is 0.235. The summed E-state index contributed by atoms with van der Waals surface area (Å²) in [4.78, 5) is 11.8. The molecule has 0 radical (unpaired) electrons. The number of hydrogen-bond donors (Lipinski definition) is 1. The Balaban J connectivity index is 1.88. The van der Waals surface area contributed by atoms with Gasteiger partial charge in [-0.05, 0) is 41.8 Å². The molecule has 0 atom stereocenters. The zero-order valence-corrected chi connectivity index (χ0v) is 13.2. The number of halogens is 2. The van der Waals surface area contributed by atoms with Gasteiger partial charge >= 0.3 is 0 Å². The first kappa shape index (κ1) is 16.3. The van der Waals surface area contributed by atoms with Crippen LogP contribution in [0.2, 0.25) is 5.02 Å². The number of amides is 1. The highest BCUT2D eigenvalue weighted by molar-refractivity contribution is 6.31. The van der Waals surface area contributed by atoms with E-state index >= 15 is 0 Å². The third-order valence-electron chi connectivity index (χ3n) is 3.12. The molecule has 0 spiro atoms. The van der Waals surface area contributed by atoms with Crippen molar-refractivity contribution in [2.24, 2.45) is 0 Å². The quantitative estimate of drug-likeness (QED) is 0.872. The number of ether oxygens (including phenoxy) is 1.